The van der Waals surface area contributed by atoms with Crippen LogP contribution in [0.15, 0.2) is 48.5 Å². The molecule has 1 fully saturated rings. The van der Waals surface area contributed by atoms with Crippen molar-refractivity contribution in [3.63, 3.8) is 0 Å². The van der Waals surface area contributed by atoms with Gasteiger partial charge in [0.2, 0.25) is 5.91 Å². The Balaban J connectivity index is 1.43. The lowest BCUT2D eigenvalue weighted by molar-refractivity contribution is -0.121. The number of carbonyl (C=O) groups excluding carboxylic acids is 2. The van der Waals surface area contributed by atoms with Crippen LogP contribution < -0.4 is 10.1 Å². The highest BCUT2D eigenvalue weighted by Crippen LogP contribution is 2.14. The summed E-state index contributed by atoms with van der Waals surface area (Å²) in [7, 11) is 1.64. The van der Waals surface area contributed by atoms with Gasteiger partial charge < -0.3 is 15.0 Å². The number of likely N-dealkylation sites (tertiary alicyclic amines) is 1. The fourth-order valence-electron chi connectivity index (χ4n) is 3.21. The Labute approximate surface area is 160 Å². The number of methoxy groups -OCH3 is 1. The van der Waals surface area contributed by atoms with Crippen LogP contribution in [-0.2, 0) is 17.8 Å². The fourth-order valence-corrected chi connectivity index (χ4v) is 3.21. The van der Waals surface area contributed by atoms with E-state index >= 15 is 0 Å². The van der Waals surface area contributed by atoms with Crippen molar-refractivity contribution in [3.05, 3.63) is 65.2 Å². The summed E-state index contributed by atoms with van der Waals surface area (Å²) >= 11 is 0. The minimum Gasteiger partial charge on any atom is -0.497 e. The maximum atomic E-state index is 12.3. The highest BCUT2D eigenvalue weighted by molar-refractivity contribution is 5.94. The summed E-state index contributed by atoms with van der Waals surface area (Å²) in [5.74, 6) is 0.931. The highest BCUT2D eigenvalue weighted by atomic mass is 16.5. The molecule has 0 unspecified atom stereocenters. The van der Waals surface area contributed by atoms with Crippen LogP contribution >= 0.6 is 0 Å². The molecule has 27 heavy (non-hydrogen) atoms. The Hall–Kier alpha value is -2.82. The Morgan fingerprint density at radius 1 is 0.963 bits per heavy atom. The first-order valence-corrected chi connectivity index (χ1v) is 9.43. The molecule has 0 bridgehead atoms. The van der Waals surface area contributed by atoms with Crippen LogP contribution in [0.2, 0.25) is 0 Å². The average Bonchev–Trinajstić information content (AvgIpc) is 3.26. The first kappa shape index (κ1) is 19.0. The molecule has 2 aromatic carbocycles. The van der Waals surface area contributed by atoms with Crippen molar-refractivity contribution in [2.24, 2.45) is 0 Å². The van der Waals surface area contributed by atoms with E-state index in [2.05, 4.69) is 5.32 Å². The number of ether oxygens (including phenoxy) is 1. The number of rotatable bonds is 7. The van der Waals surface area contributed by atoms with Crippen LogP contribution in [0.3, 0.4) is 0 Å². The van der Waals surface area contributed by atoms with Crippen molar-refractivity contribution in [3.8, 4) is 5.75 Å². The lowest BCUT2D eigenvalue weighted by atomic mass is 10.1. The van der Waals surface area contributed by atoms with E-state index in [1.807, 2.05) is 53.4 Å². The molecule has 0 aromatic heterocycles. The predicted octanol–water partition coefficient (Wildman–Crippen LogP) is 3.18. The van der Waals surface area contributed by atoms with E-state index in [0.29, 0.717) is 24.9 Å². The van der Waals surface area contributed by atoms with Crippen molar-refractivity contribution in [1.29, 1.82) is 0 Å². The minimum absolute atomic E-state index is 0.0167. The third kappa shape index (κ3) is 5.33. The maximum Gasteiger partial charge on any atom is 0.253 e. The second-order valence-corrected chi connectivity index (χ2v) is 6.82. The van der Waals surface area contributed by atoms with E-state index in [1.165, 1.54) is 0 Å². The van der Waals surface area contributed by atoms with Crippen LogP contribution in [0, 0.1) is 0 Å². The number of hydrogen-bond donors (Lipinski definition) is 1. The lowest BCUT2D eigenvalue weighted by Crippen LogP contribution is -2.27. The number of aryl methyl sites for hydroxylation is 1. The predicted molar refractivity (Wildman–Crippen MR) is 105 cm³/mol. The van der Waals surface area contributed by atoms with Crippen molar-refractivity contribution in [2.45, 2.75) is 32.2 Å². The summed E-state index contributed by atoms with van der Waals surface area (Å²) in [5.41, 5.74) is 2.81. The molecule has 0 spiro atoms. The van der Waals surface area contributed by atoms with Gasteiger partial charge in [-0.1, -0.05) is 24.3 Å². The van der Waals surface area contributed by atoms with Gasteiger partial charge in [-0.25, -0.2) is 0 Å². The molecule has 2 amide bonds. The molecule has 1 heterocycles. The fraction of sp³-hybridized carbons (Fsp3) is 0.364. The molecular formula is C22H26N2O3. The molecule has 0 aliphatic carbocycles. The third-order valence-corrected chi connectivity index (χ3v) is 4.88. The van der Waals surface area contributed by atoms with Crippen molar-refractivity contribution in [1.82, 2.24) is 10.2 Å². The van der Waals surface area contributed by atoms with Gasteiger partial charge >= 0.3 is 0 Å². The topological polar surface area (TPSA) is 58.6 Å². The molecule has 1 N–H and O–H groups in total. The van der Waals surface area contributed by atoms with Gasteiger partial charge in [-0.15, -0.1) is 0 Å². The monoisotopic (exact) mass is 366 g/mol. The Morgan fingerprint density at radius 3 is 2.22 bits per heavy atom. The molecular weight excluding hydrogens is 340 g/mol. The smallest absolute Gasteiger partial charge is 0.253 e. The van der Waals surface area contributed by atoms with Crippen LogP contribution in [-0.4, -0.2) is 36.9 Å². The second-order valence-electron chi connectivity index (χ2n) is 6.82. The first-order valence-electron chi connectivity index (χ1n) is 9.43. The SMILES string of the molecule is COc1ccc(CCC(=O)NCc2ccc(C(=O)N3CCCC3)cc2)cc1. The molecule has 0 radical (unpaired) electrons. The maximum absolute atomic E-state index is 12.3. The summed E-state index contributed by atoms with van der Waals surface area (Å²) in [6, 6.07) is 15.3. The molecule has 0 atom stereocenters. The number of nitrogens with one attached hydrogen (secondary N) is 1. The zero-order chi connectivity index (χ0) is 19.1. The largest absolute Gasteiger partial charge is 0.497 e. The van der Waals surface area contributed by atoms with Crippen LogP contribution in [0.4, 0.5) is 0 Å². The molecule has 1 saturated heterocycles. The number of hydrogen-bond acceptors (Lipinski definition) is 3. The Morgan fingerprint density at radius 2 is 1.59 bits per heavy atom. The van der Waals surface area contributed by atoms with E-state index in [1.54, 1.807) is 7.11 Å². The van der Waals surface area contributed by atoms with E-state index in [0.717, 1.165) is 42.8 Å². The van der Waals surface area contributed by atoms with Gasteiger partial charge in [0.25, 0.3) is 5.91 Å². The van der Waals surface area contributed by atoms with E-state index < -0.39 is 0 Å². The number of nitrogens with zero attached hydrogens (tertiary/aromatic N) is 1. The van der Waals surface area contributed by atoms with Gasteiger partial charge in [0.05, 0.1) is 7.11 Å². The van der Waals surface area contributed by atoms with Crippen molar-refractivity contribution >= 4 is 11.8 Å². The zero-order valence-corrected chi connectivity index (χ0v) is 15.7. The van der Waals surface area contributed by atoms with Crippen molar-refractivity contribution < 1.29 is 14.3 Å². The molecule has 0 saturated carbocycles. The van der Waals surface area contributed by atoms with Gasteiger partial charge in [-0.3, -0.25) is 9.59 Å². The lowest BCUT2D eigenvalue weighted by Gasteiger charge is -2.15. The van der Waals surface area contributed by atoms with Crippen LogP contribution in [0.5, 0.6) is 5.75 Å². The molecule has 1 aliphatic heterocycles. The summed E-state index contributed by atoms with van der Waals surface area (Å²) < 4.78 is 5.13. The molecule has 1 aliphatic rings. The third-order valence-electron chi connectivity index (χ3n) is 4.88. The average molecular weight is 366 g/mol. The summed E-state index contributed by atoms with van der Waals surface area (Å²) in [6.07, 6.45) is 3.32. The molecule has 142 valence electrons. The number of benzene rings is 2. The standard InChI is InChI=1S/C22H26N2O3/c1-27-20-11-6-17(7-12-20)8-13-21(25)23-16-18-4-9-19(10-5-18)22(26)24-14-2-3-15-24/h4-7,9-12H,2-3,8,13-16H2,1H3,(H,23,25). The van der Waals surface area contributed by atoms with E-state index in [4.69, 9.17) is 4.74 Å². The Kier molecular flexibility index (Phi) is 6.47. The minimum atomic E-state index is 0.0167. The summed E-state index contributed by atoms with van der Waals surface area (Å²) in [4.78, 5) is 26.3. The van der Waals surface area contributed by atoms with Crippen LogP contribution in [0.1, 0.15) is 40.7 Å². The molecule has 5 nitrogen and oxygen atoms in total. The molecule has 3 rings (SSSR count). The summed E-state index contributed by atoms with van der Waals surface area (Å²) in [5, 5.41) is 2.94. The van der Waals surface area contributed by atoms with Crippen LogP contribution in [0.25, 0.3) is 0 Å². The second kappa shape index (κ2) is 9.21. The number of amides is 2. The molecule has 2 aromatic rings. The Bertz CT molecular complexity index is 763. The van der Waals surface area contributed by atoms with Gasteiger partial charge in [0.15, 0.2) is 0 Å². The highest BCUT2D eigenvalue weighted by Gasteiger charge is 2.19. The van der Waals surface area contributed by atoms with E-state index in [-0.39, 0.29) is 11.8 Å². The quantitative estimate of drug-likeness (QED) is 0.819. The molecule has 5 heteroatoms. The number of carbonyl (C=O) groups is 2. The van der Waals surface area contributed by atoms with Gasteiger partial charge in [0.1, 0.15) is 5.75 Å². The normalized spacial score (nSPS) is 13.4. The first-order chi connectivity index (χ1) is 13.2. The summed E-state index contributed by atoms with van der Waals surface area (Å²) in [6.45, 7) is 2.18. The van der Waals surface area contributed by atoms with Gasteiger partial charge in [-0.2, -0.15) is 0 Å². The van der Waals surface area contributed by atoms with Gasteiger partial charge in [0, 0.05) is 31.6 Å². The van der Waals surface area contributed by atoms with Crippen molar-refractivity contribution in [2.75, 3.05) is 20.2 Å². The van der Waals surface area contributed by atoms with Gasteiger partial charge in [-0.05, 0) is 54.7 Å². The van der Waals surface area contributed by atoms with E-state index in [9.17, 15) is 9.59 Å². The zero-order valence-electron chi connectivity index (χ0n) is 15.7.